The topological polar surface area (TPSA) is 116 Å². The predicted molar refractivity (Wildman–Crippen MR) is 173 cm³/mol. The number of halogens is 2. The van der Waals surface area contributed by atoms with E-state index < -0.39 is 5.92 Å². The van der Waals surface area contributed by atoms with Crippen LogP contribution in [0.25, 0.3) is 10.9 Å². The number of aryl methyl sites for hydroxylation is 1. The van der Waals surface area contributed by atoms with Crippen LogP contribution in [0.1, 0.15) is 50.1 Å². The summed E-state index contributed by atoms with van der Waals surface area (Å²) in [4.78, 5) is 25.3. The third-order valence-electron chi connectivity index (χ3n) is 7.92. The Morgan fingerprint density at radius 2 is 2.00 bits per heavy atom. The van der Waals surface area contributed by atoms with E-state index in [9.17, 15) is 13.6 Å². The van der Waals surface area contributed by atoms with E-state index in [4.69, 9.17) is 10.5 Å². The number of benzene rings is 1. The second-order valence-electron chi connectivity index (χ2n) is 10.6. The number of aromatic nitrogens is 4. The second-order valence-corrected chi connectivity index (χ2v) is 10.6. The number of alkyl halides is 2. The normalized spacial score (nSPS) is 17.2. The molecule has 2 aliphatic heterocycles. The van der Waals surface area contributed by atoms with Gasteiger partial charge in [-0.1, -0.05) is 14.0 Å². The van der Waals surface area contributed by atoms with E-state index in [0.717, 1.165) is 47.5 Å². The lowest BCUT2D eigenvalue weighted by molar-refractivity contribution is -0.125. The van der Waals surface area contributed by atoms with Crippen molar-refractivity contribution in [1.82, 2.24) is 30.0 Å². The zero-order valence-corrected chi connectivity index (χ0v) is 26.0. The lowest BCUT2D eigenvalue weighted by Crippen LogP contribution is -2.33. The number of nitrogens with zero attached hydrogens (tertiary/aromatic N) is 6. The van der Waals surface area contributed by atoms with Crippen molar-refractivity contribution in [3.8, 4) is 6.01 Å². The molecule has 0 radical (unpaired) electrons. The number of hydrogen-bond acceptors (Lipinski definition) is 8. The molecule has 2 aliphatic rings. The molecule has 5 rings (SSSR count). The van der Waals surface area contributed by atoms with Crippen molar-refractivity contribution in [3.05, 3.63) is 47.3 Å². The monoisotopic (exact) mass is 620 g/mol. The van der Waals surface area contributed by atoms with Gasteiger partial charge in [-0.15, -0.1) is 0 Å². The number of H-pyrrole nitrogens is 1. The van der Waals surface area contributed by atoms with Gasteiger partial charge in [-0.3, -0.25) is 14.8 Å². The molecule has 13 heteroatoms. The Kier molecular flexibility index (Phi) is 12.3. The van der Waals surface area contributed by atoms with Crippen LogP contribution in [0.3, 0.4) is 0 Å². The molecule has 1 aromatic carbocycles. The molecule has 1 atom stereocenters. The largest absolute Gasteiger partial charge is 0.462 e. The summed E-state index contributed by atoms with van der Waals surface area (Å²) in [5.74, 6) is -2.28. The number of rotatable bonds is 7. The highest BCUT2D eigenvalue weighted by Gasteiger charge is 2.43. The van der Waals surface area contributed by atoms with Gasteiger partial charge >= 0.3 is 6.01 Å². The third kappa shape index (κ3) is 7.94. The van der Waals surface area contributed by atoms with Gasteiger partial charge in [-0.05, 0) is 64.4 Å². The van der Waals surface area contributed by atoms with Crippen molar-refractivity contribution in [3.63, 3.8) is 0 Å². The molecule has 0 spiro atoms. The number of carbonyl (C=O) groups excluding carboxylic acids is 1. The fraction of sp³-hybridized carbons (Fsp3) is 0.533. The van der Waals surface area contributed by atoms with Crippen molar-refractivity contribution < 1.29 is 18.3 Å². The van der Waals surface area contributed by atoms with Gasteiger partial charge in [0, 0.05) is 43.0 Å². The molecule has 1 saturated heterocycles. The molecule has 238 valence electrons. The van der Waals surface area contributed by atoms with Crippen LogP contribution >= 0.6 is 13.5 Å². The first-order chi connectivity index (χ1) is 19.5. The zero-order chi connectivity index (χ0) is 29.9. The van der Waals surface area contributed by atoms with Crippen LogP contribution in [0.4, 0.5) is 20.3 Å². The highest BCUT2D eigenvalue weighted by molar-refractivity contribution is 7.59. The maximum Gasteiger partial charge on any atom is 0.318 e. The van der Waals surface area contributed by atoms with E-state index in [1.54, 1.807) is 16.8 Å². The van der Waals surface area contributed by atoms with Crippen LogP contribution < -0.4 is 15.4 Å². The number of nitrogen functional groups attached to an aromatic ring is 1. The molecule has 0 aliphatic carbocycles. The number of nitrogens with one attached hydrogen (secondary N) is 1. The first kappa shape index (κ1) is 35.7. The van der Waals surface area contributed by atoms with Gasteiger partial charge in [-0.25, -0.2) is 8.78 Å². The first-order valence-electron chi connectivity index (χ1n) is 13.9. The predicted octanol–water partition coefficient (Wildman–Crippen LogP) is 4.62. The SMILES string of the molecule is C.C=CC(=O)N(CC)CC.Cc1cc2[nH]ncc2c(N2CCc3c(N)nc(OC[C@@H]4CC(F)(F)CN4C)nc3C2)c1C.S. The standard InChI is InChI=1S/C22H27F2N7O.C7H13NO.CH4.H2S/c1-12-6-17-16(8-26-29-17)19(13(12)2)31-5-4-15-18(9-31)27-21(28-20(15)25)32-10-14-7-22(23,24)11-30(14)3;1-4-7(9)8(5-2)6-3;;/h6,8,14H,4-5,7,9-11H2,1-3H3,(H,26,29)(H2,25,27,28);4H,1,5-6H2,2-3H3;1H4;1H2/t14-;;;/m0.../s1. The minimum Gasteiger partial charge on any atom is -0.462 e. The molecule has 2 aromatic heterocycles. The van der Waals surface area contributed by atoms with E-state index in [1.165, 1.54) is 17.2 Å². The third-order valence-corrected chi connectivity index (χ3v) is 7.92. The Balaban J connectivity index is 0.000000515. The van der Waals surface area contributed by atoms with Crippen LogP contribution in [0.5, 0.6) is 6.01 Å². The fourth-order valence-electron chi connectivity index (χ4n) is 5.49. The van der Waals surface area contributed by atoms with E-state index >= 15 is 0 Å². The van der Waals surface area contributed by atoms with Gasteiger partial charge in [-0.2, -0.15) is 28.6 Å². The van der Waals surface area contributed by atoms with Crippen molar-refractivity contribution in [1.29, 1.82) is 0 Å². The maximum absolute atomic E-state index is 13.7. The number of aromatic amines is 1. The Bertz CT molecular complexity index is 1410. The number of nitrogens with two attached hydrogens (primary N) is 1. The van der Waals surface area contributed by atoms with Crippen LogP contribution in [0.15, 0.2) is 24.9 Å². The summed E-state index contributed by atoms with van der Waals surface area (Å²) in [6, 6.07) is 1.86. The number of hydrogen-bond donors (Lipinski definition) is 2. The lowest BCUT2D eigenvalue weighted by atomic mass is 9.99. The van der Waals surface area contributed by atoms with Crippen molar-refractivity contribution in [2.45, 2.75) is 66.5 Å². The van der Waals surface area contributed by atoms with Crippen LogP contribution in [0, 0.1) is 13.8 Å². The highest BCUT2D eigenvalue weighted by Crippen LogP contribution is 2.36. The van der Waals surface area contributed by atoms with Gasteiger partial charge < -0.3 is 20.3 Å². The summed E-state index contributed by atoms with van der Waals surface area (Å²) < 4.78 is 33.0. The molecule has 3 aromatic rings. The summed E-state index contributed by atoms with van der Waals surface area (Å²) >= 11 is 0. The van der Waals surface area contributed by atoms with Gasteiger partial charge in [0.25, 0.3) is 5.92 Å². The molecule has 10 nitrogen and oxygen atoms in total. The molecule has 43 heavy (non-hydrogen) atoms. The summed E-state index contributed by atoms with van der Waals surface area (Å²) in [6.45, 7) is 14.2. The highest BCUT2D eigenvalue weighted by atomic mass is 32.1. The molecular weight excluding hydrogens is 574 g/mol. The smallest absolute Gasteiger partial charge is 0.318 e. The number of anilines is 2. The molecule has 3 N–H and O–H groups in total. The van der Waals surface area contributed by atoms with Gasteiger partial charge in [0.2, 0.25) is 5.91 Å². The molecule has 1 fully saturated rings. The zero-order valence-electron chi connectivity index (χ0n) is 25.0. The van der Waals surface area contributed by atoms with Crippen LogP contribution in [0.2, 0.25) is 0 Å². The van der Waals surface area contributed by atoms with Crippen LogP contribution in [-0.4, -0.2) is 87.7 Å². The quantitative estimate of drug-likeness (QED) is 0.368. The van der Waals surface area contributed by atoms with E-state index in [0.29, 0.717) is 18.8 Å². The summed E-state index contributed by atoms with van der Waals surface area (Å²) in [5, 5.41) is 8.34. The number of ether oxygens (including phenoxy) is 1. The number of likely N-dealkylation sites (tertiary alicyclic amines) is 1. The van der Waals surface area contributed by atoms with Gasteiger partial charge in [0.1, 0.15) is 12.4 Å². The Labute approximate surface area is 260 Å². The molecule has 0 unspecified atom stereocenters. The minimum atomic E-state index is -2.69. The number of fused-ring (bicyclic) bond motifs is 2. The minimum absolute atomic E-state index is 0. The van der Waals surface area contributed by atoms with Crippen LogP contribution in [-0.2, 0) is 17.8 Å². The number of likely N-dealkylation sites (N-methyl/N-ethyl adjacent to an activating group) is 2. The average Bonchev–Trinajstić information content (AvgIpc) is 3.50. The number of amides is 1. The molecular formula is C30H46F2N8O2S. The lowest BCUT2D eigenvalue weighted by Gasteiger charge is -2.32. The summed E-state index contributed by atoms with van der Waals surface area (Å²) in [7, 11) is 1.68. The van der Waals surface area contributed by atoms with Crippen molar-refractivity contribution in [2.24, 2.45) is 0 Å². The van der Waals surface area contributed by atoms with E-state index in [1.807, 2.05) is 20.0 Å². The summed E-state index contributed by atoms with van der Waals surface area (Å²) in [6.07, 6.45) is 3.67. The molecule has 4 heterocycles. The molecule has 0 bridgehead atoms. The summed E-state index contributed by atoms with van der Waals surface area (Å²) in [5.41, 5.74) is 12.5. The Hall–Kier alpha value is -3.45. The maximum atomic E-state index is 13.7. The average molecular weight is 621 g/mol. The Morgan fingerprint density at radius 3 is 2.58 bits per heavy atom. The Morgan fingerprint density at radius 1 is 1.30 bits per heavy atom. The van der Waals surface area contributed by atoms with Crippen molar-refractivity contribution in [2.75, 3.05) is 50.5 Å². The van der Waals surface area contributed by atoms with Crippen molar-refractivity contribution >= 4 is 41.8 Å². The second kappa shape index (κ2) is 14.8. The fourth-order valence-corrected chi connectivity index (χ4v) is 5.49. The molecule has 0 saturated carbocycles. The molecule has 1 amide bonds. The number of carbonyl (C=O) groups is 1. The first-order valence-corrected chi connectivity index (χ1v) is 13.9. The van der Waals surface area contributed by atoms with Gasteiger partial charge in [0.05, 0.1) is 36.2 Å². The van der Waals surface area contributed by atoms with E-state index in [-0.39, 0.29) is 58.5 Å². The van der Waals surface area contributed by atoms with E-state index in [2.05, 4.69) is 51.6 Å². The van der Waals surface area contributed by atoms with Gasteiger partial charge in [0.15, 0.2) is 0 Å².